The highest BCUT2D eigenvalue weighted by molar-refractivity contribution is 9.11. The molecule has 0 aliphatic carbocycles. The summed E-state index contributed by atoms with van der Waals surface area (Å²) in [4.78, 5) is 32.3. The van der Waals surface area contributed by atoms with Gasteiger partial charge in [-0.1, -0.05) is 6.92 Å². The molecule has 0 saturated carbocycles. The average Bonchev–Trinajstić information content (AvgIpc) is 2.70. The number of benzene rings is 2. The van der Waals surface area contributed by atoms with Crippen molar-refractivity contribution in [3.05, 3.63) is 56.4 Å². The number of amides is 1. The Kier molecular flexibility index (Phi) is 6.72. The second-order valence-electron chi connectivity index (χ2n) is 6.66. The fraction of sp³-hybridized carbons (Fsp3) is 0.238. The van der Waals surface area contributed by atoms with Gasteiger partial charge < -0.3 is 15.2 Å². The number of aliphatic carboxylic acids is 1. The van der Waals surface area contributed by atoms with Crippen molar-refractivity contribution in [2.24, 2.45) is 0 Å². The molecule has 3 rings (SSSR count). The number of aromatic nitrogens is 2. The lowest BCUT2D eigenvalue weighted by molar-refractivity contribution is -0.138. The van der Waals surface area contributed by atoms with Gasteiger partial charge in [0.1, 0.15) is 17.6 Å². The second-order valence-corrected chi connectivity index (χ2v) is 8.37. The van der Waals surface area contributed by atoms with E-state index in [1.54, 1.807) is 12.1 Å². The first kappa shape index (κ1) is 22.2. The monoisotopic (exact) mass is 535 g/mol. The molecular formula is C21H19Br2N3O4. The van der Waals surface area contributed by atoms with Crippen molar-refractivity contribution in [1.29, 1.82) is 0 Å². The fourth-order valence-corrected chi connectivity index (χ4v) is 4.14. The summed E-state index contributed by atoms with van der Waals surface area (Å²) in [6.45, 7) is 5.35. The summed E-state index contributed by atoms with van der Waals surface area (Å²) in [6.07, 6.45) is 0.764. The van der Waals surface area contributed by atoms with E-state index in [9.17, 15) is 9.59 Å². The van der Waals surface area contributed by atoms with E-state index in [0.29, 0.717) is 26.0 Å². The van der Waals surface area contributed by atoms with Crippen LogP contribution < -0.4 is 10.1 Å². The van der Waals surface area contributed by atoms with E-state index in [2.05, 4.69) is 47.1 Å². The van der Waals surface area contributed by atoms with Gasteiger partial charge in [-0.15, -0.1) is 0 Å². The van der Waals surface area contributed by atoms with Crippen LogP contribution in [0.25, 0.3) is 10.9 Å². The van der Waals surface area contributed by atoms with E-state index < -0.39 is 17.9 Å². The Balaban J connectivity index is 1.89. The van der Waals surface area contributed by atoms with Gasteiger partial charge in [0.2, 0.25) is 0 Å². The van der Waals surface area contributed by atoms with E-state index in [1.165, 1.54) is 6.92 Å². The van der Waals surface area contributed by atoms with Crippen LogP contribution in [0.2, 0.25) is 0 Å². The molecule has 2 N–H and O–H groups in total. The molecule has 0 aliphatic rings. The normalized spacial score (nSPS) is 11.9. The molecule has 0 bridgehead atoms. The van der Waals surface area contributed by atoms with Crippen LogP contribution in [0.3, 0.4) is 0 Å². The highest BCUT2D eigenvalue weighted by Gasteiger charge is 2.18. The third-order valence-electron chi connectivity index (χ3n) is 4.42. The van der Waals surface area contributed by atoms with Gasteiger partial charge in [-0.2, -0.15) is 0 Å². The number of hydrogen-bond donors (Lipinski definition) is 2. The molecule has 0 radical (unpaired) electrons. The molecule has 3 aromatic rings. The van der Waals surface area contributed by atoms with Gasteiger partial charge >= 0.3 is 5.97 Å². The van der Waals surface area contributed by atoms with E-state index in [-0.39, 0.29) is 0 Å². The molecule has 1 unspecified atom stereocenters. The van der Waals surface area contributed by atoms with E-state index in [4.69, 9.17) is 9.84 Å². The summed E-state index contributed by atoms with van der Waals surface area (Å²) < 4.78 is 7.12. The van der Waals surface area contributed by atoms with Crippen molar-refractivity contribution in [2.75, 3.05) is 0 Å². The Morgan fingerprint density at radius 3 is 2.43 bits per heavy atom. The number of aryl methyl sites for hydroxylation is 2. The lowest BCUT2D eigenvalue weighted by Gasteiger charge is -2.14. The molecule has 1 aromatic heterocycles. The number of carbonyl (C=O) groups is 2. The number of ether oxygens (including phenoxy) is 1. The Bertz CT molecular complexity index is 1130. The maximum Gasteiger partial charge on any atom is 0.325 e. The molecule has 0 fully saturated rings. The first-order valence-corrected chi connectivity index (χ1v) is 10.8. The summed E-state index contributed by atoms with van der Waals surface area (Å²) in [6, 6.07) is 7.73. The number of halogens is 2. The van der Waals surface area contributed by atoms with Gasteiger partial charge in [0, 0.05) is 23.1 Å². The molecule has 9 heteroatoms. The van der Waals surface area contributed by atoms with Crippen molar-refractivity contribution in [1.82, 2.24) is 15.3 Å². The largest absolute Gasteiger partial charge is 0.480 e. The summed E-state index contributed by atoms with van der Waals surface area (Å²) in [7, 11) is 0. The number of nitrogens with one attached hydrogen (secondary N) is 1. The zero-order valence-electron chi connectivity index (χ0n) is 16.5. The summed E-state index contributed by atoms with van der Waals surface area (Å²) >= 11 is 6.85. The highest BCUT2D eigenvalue weighted by atomic mass is 79.9. The van der Waals surface area contributed by atoms with Gasteiger partial charge in [0.15, 0.2) is 5.75 Å². The van der Waals surface area contributed by atoms with Crippen LogP contribution in [-0.4, -0.2) is 33.0 Å². The van der Waals surface area contributed by atoms with Gasteiger partial charge in [0.25, 0.3) is 5.91 Å². The Hall–Kier alpha value is -2.52. The summed E-state index contributed by atoms with van der Waals surface area (Å²) in [5, 5.41) is 12.3. The maximum absolute atomic E-state index is 12.3. The van der Waals surface area contributed by atoms with Crippen LogP contribution >= 0.6 is 31.9 Å². The van der Waals surface area contributed by atoms with Crippen molar-refractivity contribution < 1.29 is 19.4 Å². The van der Waals surface area contributed by atoms with Gasteiger partial charge in [-0.25, -0.2) is 9.97 Å². The smallest absolute Gasteiger partial charge is 0.325 e. The number of carbonyl (C=O) groups excluding carboxylic acids is 1. The van der Waals surface area contributed by atoms with E-state index >= 15 is 0 Å². The van der Waals surface area contributed by atoms with Crippen molar-refractivity contribution in [3.8, 4) is 11.5 Å². The summed E-state index contributed by atoms with van der Waals surface area (Å²) in [5.74, 6) is 0.272. The number of nitrogens with zero attached hydrogens (tertiary/aromatic N) is 2. The third kappa shape index (κ3) is 4.79. The Morgan fingerprint density at radius 2 is 1.83 bits per heavy atom. The predicted molar refractivity (Wildman–Crippen MR) is 120 cm³/mol. The van der Waals surface area contributed by atoms with Crippen LogP contribution in [0.4, 0.5) is 0 Å². The van der Waals surface area contributed by atoms with Gasteiger partial charge in [-0.05, 0) is 76.0 Å². The van der Waals surface area contributed by atoms with Crippen molar-refractivity contribution in [2.45, 2.75) is 33.2 Å². The highest BCUT2D eigenvalue weighted by Crippen LogP contribution is 2.38. The number of rotatable bonds is 6. The SMILES string of the molecule is CCc1nc(C)c2cc(Oc3c(Br)cc(C(=O)NC(C)C(=O)O)cc3Br)ccc2n1. The lowest BCUT2D eigenvalue weighted by Crippen LogP contribution is -2.38. The standard InChI is InChI=1S/C21H19Br2N3O4/c1-4-18-24-10(2)14-9-13(5-6-17(14)26-18)30-19-15(22)7-12(8-16(19)23)20(27)25-11(3)21(28)29/h5-9,11H,4H2,1-3H3,(H,25,27)(H,28,29). The van der Waals surface area contributed by atoms with Gasteiger partial charge in [-0.3, -0.25) is 9.59 Å². The topological polar surface area (TPSA) is 101 Å². The first-order valence-electron chi connectivity index (χ1n) is 9.17. The van der Waals surface area contributed by atoms with Crippen LogP contribution in [0.5, 0.6) is 11.5 Å². The van der Waals surface area contributed by atoms with E-state index in [1.807, 2.05) is 32.0 Å². The zero-order valence-corrected chi connectivity index (χ0v) is 19.7. The average molecular weight is 537 g/mol. The number of fused-ring (bicyclic) bond motifs is 1. The maximum atomic E-state index is 12.3. The number of carboxylic acid groups (broad SMARTS) is 1. The van der Waals surface area contributed by atoms with Crippen LogP contribution in [0.1, 0.15) is 35.7 Å². The molecule has 0 aliphatic heterocycles. The molecule has 0 saturated heterocycles. The molecule has 1 heterocycles. The minimum atomic E-state index is -1.11. The fourth-order valence-electron chi connectivity index (χ4n) is 2.79. The quantitative estimate of drug-likeness (QED) is 0.458. The zero-order chi connectivity index (χ0) is 22.0. The molecule has 0 spiro atoms. The third-order valence-corrected chi connectivity index (χ3v) is 5.60. The van der Waals surface area contributed by atoms with E-state index in [0.717, 1.165) is 28.8 Å². The predicted octanol–water partition coefficient (Wildman–Crippen LogP) is 5.02. The Morgan fingerprint density at radius 1 is 1.17 bits per heavy atom. The van der Waals surface area contributed by atoms with Crippen LogP contribution in [0.15, 0.2) is 39.3 Å². The number of hydrogen-bond acceptors (Lipinski definition) is 5. The first-order chi connectivity index (χ1) is 14.2. The Labute approximate surface area is 190 Å². The molecule has 156 valence electrons. The minimum absolute atomic E-state index is 0.295. The van der Waals surface area contributed by atoms with Crippen LogP contribution in [0, 0.1) is 6.92 Å². The number of carboxylic acids is 1. The molecule has 30 heavy (non-hydrogen) atoms. The lowest BCUT2D eigenvalue weighted by atomic mass is 10.1. The van der Waals surface area contributed by atoms with Gasteiger partial charge in [0.05, 0.1) is 14.5 Å². The molecule has 2 aromatic carbocycles. The second kappa shape index (κ2) is 9.09. The molecular weight excluding hydrogens is 518 g/mol. The molecule has 1 atom stereocenters. The summed E-state index contributed by atoms with van der Waals surface area (Å²) in [5.41, 5.74) is 2.02. The van der Waals surface area contributed by atoms with Crippen molar-refractivity contribution in [3.63, 3.8) is 0 Å². The molecule has 7 nitrogen and oxygen atoms in total. The minimum Gasteiger partial charge on any atom is -0.480 e. The van der Waals surface area contributed by atoms with Crippen LogP contribution in [-0.2, 0) is 11.2 Å². The van der Waals surface area contributed by atoms with Crippen molar-refractivity contribution >= 4 is 54.6 Å². The molecule has 1 amide bonds.